The number of amides is 1. The highest BCUT2D eigenvalue weighted by Crippen LogP contribution is 2.30. The smallest absolute Gasteiger partial charge is 0.255 e. The Balaban J connectivity index is 2.06. The second kappa shape index (κ2) is 6.53. The van der Waals surface area contributed by atoms with Gasteiger partial charge in [0.15, 0.2) is 0 Å². The predicted octanol–water partition coefficient (Wildman–Crippen LogP) is 3.45. The molecule has 0 aromatic heterocycles. The molecule has 19 heavy (non-hydrogen) atoms. The average Bonchev–Trinajstić information content (AvgIpc) is 2.80. The lowest BCUT2D eigenvalue weighted by atomic mass is 10.1. The van der Waals surface area contributed by atoms with E-state index in [0.29, 0.717) is 10.3 Å². The maximum Gasteiger partial charge on any atom is 0.255 e. The van der Waals surface area contributed by atoms with Gasteiger partial charge in [-0.15, -0.1) is 0 Å². The zero-order valence-corrected chi connectivity index (χ0v) is 12.4. The number of rotatable bonds is 4. The van der Waals surface area contributed by atoms with E-state index >= 15 is 0 Å². The highest BCUT2D eigenvalue weighted by Gasteiger charge is 2.29. The van der Waals surface area contributed by atoms with Gasteiger partial charge in [0.2, 0.25) is 0 Å². The molecule has 0 saturated heterocycles. The Hall–Kier alpha value is -0.870. The SMILES string of the molecule is CCSC1CCCC1NC(=O)c1cc(Cl)ccc1O. The number of phenols is 1. The summed E-state index contributed by atoms with van der Waals surface area (Å²) < 4.78 is 0. The van der Waals surface area contributed by atoms with Crippen LogP contribution in [0.1, 0.15) is 36.5 Å². The van der Waals surface area contributed by atoms with E-state index in [1.54, 1.807) is 6.07 Å². The van der Waals surface area contributed by atoms with E-state index < -0.39 is 0 Å². The van der Waals surface area contributed by atoms with Crippen molar-refractivity contribution in [3.63, 3.8) is 0 Å². The highest BCUT2D eigenvalue weighted by molar-refractivity contribution is 7.99. The third-order valence-electron chi connectivity index (χ3n) is 3.35. The molecule has 2 atom stereocenters. The number of thioether (sulfide) groups is 1. The predicted molar refractivity (Wildman–Crippen MR) is 80.1 cm³/mol. The number of carbonyl (C=O) groups is 1. The summed E-state index contributed by atoms with van der Waals surface area (Å²) in [6, 6.07) is 4.71. The zero-order valence-electron chi connectivity index (χ0n) is 10.9. The van der Waals surface area contributed by atoms with Gasteiger partial charge in [-0.2, -0.15) is 11.8 Å². The van der Waals surface area contributed by atoms with Crippen molar-refractivity contribution in [2.75, 3.05) is 5.75 Å². The van der Waals surface area contributed by atoms with Gasteiger partial charge in [0, 0.05) is 16.3 Å². The van der Waals surface area contributed by atoms with Gasteiger partial charge in [0.25, 0.3) is 5.91 Å². The number of carbonyl (C=O) groups excluding carboxylic acids is 1. The molecule has 1 aliphatic rings. The van der Waals surface area contributed by atoms with Crippen molar-refractivity contribution in [3.8, 4) is 5.75 Å². The summed E-state index contributed by atoms with van der Waals surface area (Å²) in [6.07, 6.45) is 3.29. The van der Waals surface area contributed by atoms with E-state index in [0.717, 1.165) is 25.0 Å². The molecule has 2 unspecified atom stereocenters. The van der Waals surface area contributed by atoms with E-state index in [1.807, 2.05) is 11.8 Å². The van der Waals surface area contributed by atoms with Gasteiger partial charge in [-0.25, -0.2) is 0 Å². The Morgan fingerprint density at radius 1 is 1.53 bits per heavy atom. The van der Waals surface area contributed by atoms with E-state index in [4.69, 9.17) is 11.6 Å². The van der Waals surface area contributed by atoms with Gasteiger partial charge in [-0.1, -0.05) is 24.9 Å². The first-order chi connectivity index (χ1) is 9.11. The number of nitrogens with one attached hydrogen (secondary N) is 1. The van der Waals surface area contributed by atoms with Gasteiger partial charge < -0.3 is 10.4 Å². The standard InChI is InChI=1S/C14H18ClNO2S/c1-2-19-13-5-3-4-11(13)16-14(18)10-8-9(15)6-7-12(10)17/h6-8,11,13,17H,2-5H2,1H3,(H,16,18). The maximum atomic E-state index is 12.2. The molecule has 1 aromatic rings. The van der Waals surface area contributed by atoms with Crippen LogP contribution in [-0.2, 0) is 0 Å². The number of halogens is 1. The first kappa shape index (κ1) is 14.5. The van der Waals surface area contributed by atoms with Crippen LogP contribution in [0.25, 0.3) is 0 Å². The van der Waals surface area contributed by atoms with Crippen molar-refractivity contribution < 1.29 is 9.90 Å². The van der Waals surface area contributed by atoms with Gasteiger partial charge in [-0.05, 0) is 36.8 Å². The second-order valence-electron chi connectivity index (χ2n) is 4.67. The van der Waals surface area contributed by atoms with Gasteiger partial charge in [0.1, 0.15) is 5.75 Å². The van der Waals surface area contributed by atoms with Crippen LogP contribution in [-0.4, -0.2) is 28.1 Å². The normalized spacial score (nSPS) is 22.4. The summed E-state index contributed by atoms with van der Waals surface area (Å²) in [5, 5.41) is 13.7. The number of benzene rings is 1. The summed E-state index contributed by atoms with van der Waals surface area (Å²) in [5.74, 6) is 0.785. The third kappa shape index (κ3) is 3.57. The van der Waals surface area contributed by atoms with Crippen LogP contribution in [0.15, 0.2) is 18.2 Å². The third-order valence-corrected chi connectivity index (χ3v) is 4.91. The largest absolute Gasteiger partial charge is 0.507 e. The first-order valence-electron chi connectivity index (χ1n) is 6.52. The minimum Gasteiger partial charge on any atom is -0.507 e. The fourth-order valence-corrected chi connectivity index (χ4v) is 3.81. The average molecular weight is 300 g/mol. The molecular weight excluding hydrogens is 282 g/mol. The van der Waals surface area contributed by atoms with Crippen molar-refractivity contribution in [3.05, 3.63) is 28.8 Å². The maximum absolute atomic E-state index is 12.2. The Morgan fingerprint density at radius 3 is 3.05 bits per heavy atom. The molecule has 1 saturated carbocycles. The van der Waals surface area contributed by atoms with Gasteiger partial charge >= 0.3 is 0 Å². The first-order valence-corrected chi connectivity index (χ1v) is 7.95. The minimum absolute atomic E-state index is 0.0282. The molecule has 0 radical (unpaired) electrons. The summed E-state index contributed by atoms with van der Waals surface area (Å²) in [4.78, 5) is 12.2. The van der Waals surface area contributed by atoms with E-state index in [1.165, 1.54) is 12.1 Å². The van der Waals surface area contributed by atoms with Crippen LogP contribution in [0.3, 0.4) is 0 Å². The van der Waals surface area contributed by atoms with Crippen molar-refractivity contribution in [2.45, 2.75) is 37.5 Å². The summed E-state index contributed by atoms with van der Waals surface area (Å²) in [5.41, 5.74) is 0.250. The molecule has 104 valence electrons. The molecular formula is C14H18ClNO2S. The van der Waals surface area contributed by atoms with Crippen LogP contribution in [0.5, 0.6) is 5.75 Å². The molecule has 0 aliphatic heterocycles. The molecule has 0 heterocycles. The molecule has 1 amide bonds. The topological polar surface area (TPSA) is 49.3 Å². The number of hydrogen-bond acceptors (Lipinski definition) is 3. The Labute approximate surface area is 122 Å². The van der Waals surface area contributed by atoms with Crippen LogP contribution < -0.4 is 5.32 Å². The Morgan fingerprint density at radius 2 is 2.32 bits per heavy atom. The lowest BCUT2D eigenvalue weighted by molar-refractivity contribution is 0.0936. The molecule has 1 aromatic carbocycles. The number of aromatic hydroxyl groups is 1. The fourth-order valence-electron chi connectivity index (χ4n) is 2.44. The lowest BCUT2D eigenvalue weighted by Gasteiger charge is -2.20. The van der Waals surface area contributed by atoms with Crippen molar-refractivity contribution in [1.82, 2.24) is 5.32 Å². The number of hydrogen-bond donors (Lipinski definition) is 2. The fraction of sp³-hybridized carbons (Fsp3) is 0.500. The van der Waals surface area contributed by atoms with E-state index in [9.17, 15) is 9.90 Å². The Kier molecular flexibility index (Phi) is 4.99. The molecule has 1 aliphatic carbocycles. The summed E-state index contributed by atoms with van der Waals surface area (Å²) in [7, 11) is 0. The van der Waals surface area contributed by atoms with Crippen LogP contribution in [0, 0.1) is 0 Å². The molecule has 0 spiro atoms. The zero-order chi connectivity index (χ0) is 13.8. The van der Waals surface area contributed by atoms with Crippen LogP contribution in [0.2, 0.25) is 5.02 Å². The van der Waals surface area contributed by atoms with Crippen molar-refractivity contribution >= 4 is 29.3 Å². The molecule has 5 heteroatoms. The molecule has 1 fully saturated rings. The van der Waals surface area contributed by atoms with E-state index in [2.05, 4.69) is 12.2 Å². The number of phenolic OH excluding ortho intramolecular Hbond substituents is 1. The minimum atomic E-state index is -0.242. The Bertz CT molecular complexity index is 467. The molecule has 2 N–H and O–H groups in total. The van der Waals surface area contributed by atoms with Crippen molar-refractivity contribution in [2.24, 2.45) is 0 Å². The highest BCUT2D eigenvalue weighted by atomic mass is 35.5. The van der Waals surface area contributed by atoms with Gasteiger partial charge in [0.05, 0.1) is 5.56 Å². The molecule has 0 bridgehead atoms. The van der Waals surface area contributed by atoms with Gasteiger partial charge in [-0.3, -0.25) is 4.79 Å². The lowest BCUT2D eigenvalue weighted by Crippen LogP contribution is -2.38. The monoisotopic (exact) mass is 299 g/mol. The van der Waals surface area contributed by atoms with Crippen LogP contribution >= 0.6 is 23.4 Å². The second-order valence-corrected chi connectivity index (χ2v) is 6.62. The quantitative estimate of drug-likeness (QED) is 0.895. The van der Waals surface area contributed by atoms with Crippen LogP contribution in [0.4, 0.5) is 0 Å². The molecule has 3 nitrogen and oxygen atoms in total. The van der Waals surface area contributed by atoms with Crippen molar-refractivity contribution in [1.29, 1.82) is 0 Å². The van der Waals surface area contributed by atoms with E-state index in [-0.39, 0.29) is 23.3 Å². The summed E-state index contributed by atoms with van der Waals surface area (Å²) >= 11 is 7.75. The summed E-state index contributed by atoms with van der Waals surface area (Å²) in [6.45, 7) is 2.13. The molecule has 2 rings (SSSR count).